The Kier molecular flexibility index (Phi) is 6.70. The monoisotopic (exact) mass is 303 g/mol. The van der Waals surface area contributed by atoms with Crippen LogP contribution in [0.15, 0.2) is 18.2 Å². The molecule has 0 aromatic heterocycles. The zero-order valence-corrected chi connectivity index (χ0v) is 12.0. The van der Waals surface area contributed by atoms with Crippen molar-refractivity contribution in [2.75, 3.05) is 32.1 Å². The van der Waals surface area contributed by atoms with Crippen LogP contribution in [0.4, 0.5) is 4.39 Å². The number of benzene rings is 1. The summed E-state index contributed by atoms with van der Waals surface area (Å²) in [6, 6.07) is 4.96. The number of alkyl halides is 1. The summed E-state index contributed by atoms with van der Waals surface area (Å²) in [7, 11) is 1.70. The van der Waals surface area contributed by atoms with Gasteiger partial charge in [-0.15, -0.1) is 0 Å². The summed E-state index contributed by atoms with van der Waals surface area (Å²) in [6.45, 7) is 5.34. The Morgan fingerprint density at radius 2 is 2.12 bits per heavy atom. The molecule has 17 heavy (non-hydrogen) atoms. The molecule has 0 bridgehead atoms. The number of hydrogen-bond acceptors (Lipinski definition) is 2. The van der Waals surface area contributed by atoms with E-state index < -0.39 is 0 Å². The predicted octanol–water partition coefficient (Wildman–Crippen LogP) is 2.98. The van der Waals surface area contributed by atoms with Gasteiger partial charge in [-0.05, 0) is 30.2 Å². The van der Waals surface area contributed by atoms with E-state index in [1.807, 2.05) is 13.0 Å². The van der Waals surface area contributed by atoms with E-state index in [1.54, 1.807) is 13.2 Å². The molecule has 0 radical (unpaired) electrons. The number of halogens is 2. The van der Waals surface area contributed by atoms with E-state index in [0.717, 1.165) is 30.5 Å². The summed E-state index contributed by atoms with van der Waals surface area (Å²) in [4.78, 5) is 2.29. The van der Waals surface area contributed by atoms with Gasteiger partial charge < -0.3 is 4.74 Å². The van der Waals surface area contributed by atoms with E-state index in [4.69, 9.17) is 4.74 Å². The molecule has 1 rings (SSSR count). The Bertz CT molecular complexity index is 346. The first-order chi connectivity index (χ1) is 8.17. The summed E-state index contributed by atoms with van der Waals surface area (Å²) in [5.41, 5.74) is 2.17. The first-order valence-corrected chi connectivity index (χ1v) is 6.81. The molecule has 0 amide bonds. The number of rotatable bonds is 7. The van der Waals surface area contributed by atoms with Crippen LogP contribution in [0.2, 0.25) is 0 Å². The minimum absolute atomic E-state index is 0.171. The fourth-order valence-electron chi connectivity index (χ4n) is 1.69. The van der Waals surface area contributed by atoms with Crippen LogP contribution in [0.5, 0.6) is 0 Å². The maximum absolute atomic E-state index is 13.0. The fraction of sp³-hybridized carbons (Fsp3) is 0.538. The van der Waals surface area contributed by atoms with Crippen molar-refractivity contribution in [2.24, 2.45) is 0 Å². The van der Waals surface area contributed by atoms with Crippen molar-refractivity contribution in [3.8, 4) is 0 Å². The van der Waals surface area contributed by atoms with E-state index >= 15 is 0 Å². The van der Waals surface area contributed by atoms with Crippen molar-refractivity contribution in [1.29, 1.82) is 0 Å². The van der Waals surface area contributed by atoms with Crippen LogP contribution >= 0.6 is 15.9 Å². The fourth-order valence-corrected chi connectivity index (χ4v) is 2.19. The first-order valence-electron chi connectivity index (χ1n) is 5.69. The zero-order valence-electron chi connectivity index (χ0n) is 10.4. The van der Waals surface area contributed by atoms with Crippen LogP contribution < -0.4 is 0 Å². The molecule has 0 N–H and O–H groups in total. The number of nitrogens with zero attached hydrogens (tertiary/aromatic N) is 1. The van der Waals surface area contributed by atoms with Crippen molar-refractivity contribution in [3.63, 3.8) is 0 Å². The summed E-state index contributed by atoms with van der Waals surface area (Å²) in [6.07, 6.45) is 0. The average Bonchev–Trinajstić information content (AvgIpc) is 2.29. The van der Waals surface area contributed by atoms with Gasteiger partial charge in [-0.2, -0.15) is 0 Å². The van der Waals surface area contributed by atoms with E-state index in [9.17, 15) is 4.39 Å². The number of ether oxygens (including phenoxy) is 1. The van der Waals surface area contributed by atoms with Crippen molar-refractivity contribution in [3.05, 3.63) is 35.1 Å². The van der Waals surface area contributed by atoms with Crippen molar-refractivity contribution in [2.45, 2.75) is 13.5 Å². The quantitative estimate of drug-likeness (QED) is 0.718. The van der Waals surface area contributed by atoms with Crippen LogP contribution in [-0.4, -0.2) is 37.0 Å². The van der Waals surface area contributed by atoms with Gasteiger partial charge >= 0.3 is 0 Å². The van der Waals surface area contributed by atoms with Gasteiger partial charge in [0.05, 0.1) is 6.61 Å². The maximum Gasteiger partial charge on any atom is 0.123 e. The molecule has 1 aromatic rings. The number of hydrogen-bond donors (Lipinski definition) is 0. The van der Waals surface area contributed by atoms with E-state index in [0.29, 0.717) is 6.61 Å². The molecule has 0 saturated carbocycles. The molecule has 0 saturated heterocycles. The largest absolute Gasteiger partial charge is 0.383 e. The zero-order chi connectivity index (χ0) is 12.7. The lowest BCUT2D eigenvalue weighted by Gasteiger charge is -2.21. The molecule has 96 valence electrons. The smallest absolute Gasteiger partial charge is 0.123 e. The van der Waals surface area contributed by atoms with Gasteiger partial charge in [-0.25, -0.2) is 4.39 Å². The van der Waals surface area contributed by atoms with Crippen LogP contribution in [0.3, 0.4) is 0 Å². The van der Waals surface area contributed by atoms with Gasteiger partial charge in [0, 0.05) is 32.1 Å². The first kappa shape index (κ1) is 14.6. The van der Waals surface area contributed by atoms with Crippen molar-refractivity contribution in [1.82, 2.24) is 4.90 Å². The Hall–Kier alpha value is -0.450. The topological polar surface area (TPSA) is 12.5 Å². The molecule has 0 aliphatic heterocycles. The molecule has 0 unspecified atom stereocenters. The second kappa shape index (κ2) is 7.80. The molecule has 0 aliphatic carbocycles. The highest BCUT2D eigenvalue weighted by atomic mass is 79.9. The second-order valence-corrected chi connectivity index (χ2v) is 4.82. The summed E-state index contributed by atoms with van der Waals surface area (Å²) in [5, 5.41) is 0.928. The molecule has 0 heterocycles. The molecular weight excluding hydrogens is 285 g/mol. The molecule has 4 heteroatoms. The number of methoxy groups -OCH3 is 1. The highest BCUT2D eigenvalue weighted by molar-refractivity contribution is 9.09. The molecule has 0 atom stereocenters. The van der Waals surface area contributed by atoms with Gasteiger partial charge in [-0.3, -0.25) is 4.90 Å². The van der Waals surface area contributed by atoms with Crippen molar-refractivity contribution >= 4 is 15.9 Å². The van der Waals surface area contributed by atoms with Crippen LogP contribution in [0.25, 0.3) is 0 Å². The molecule has 1 aromatic carbocycles. The minimum atomic E-state index is -0.171. The summed E-state index contributed by atoms with van der Waals surface area (Å²) < 4.78 is 18.1. The van der Waals surface area contributed by atoms with Gasteiger partial charge in [0.1, 0.15) is 5.82 Å². The normalized spacial score (nSPS) is 11.1. The molecule has 0 spiro atoms. The third-order valence-electron chi connectivity index (χ3n) is 2.71. The highest BCUT2D eigenvalue weighted by Gasteiger charge is 2.07. The lowest BCUT2D eigenvalue weighted by Crippen LogP contribution is -2.29. The van der Waals surface area contributed by atoms with Crippen LogP contribution in [0.1, 0.15) is 11.1 Å². The van der Waals surface area contributed by atoms with Gasteiger partial charge in [-0.1, -0.05) is 22.0 Å². The summed E-state index contributed by atoms with van der Waals surface area (Å²) >= 11 is 3.44. The average molecular weight is 304 g/mol. The second-order valence-electron chi connectivity index (χ2n) is 4.03. The minimum Gasteiger partial charge on any atom is -0.383 e. The predicted molar refractivity (Wildman–Crippen MR) is 72.1 cm³/mol. The van der Waals surface area contributed by atoms with E-state index in [1.165, 1.54) is 11.6 Å². The molecule has 0 fully saturated rings. The summed E-state index contributed by atoms with van der Waals surface area (Å²) in [5.74, 6) is -0.171. The van der Waals surface area contributed by atoms with Gasteiger partial charge in [0.2, 0.25) is 0 Å². The third-order valence-corrected chi connectivity index (χ3v) is 3.07. The molecule has 2 nitrogen and oxygen atoms in total. The lowest BCUT2D eigenvalue weighted by molar-refractivity contribution is 0.148. The van der Waals surface area contributed by atoms with Gasteiger partial charge in [0.25, 0.3) is 0 Å². The molecular formula is C13H19BrFNO. The maximum atomic E-state index is 13.0. The highest BCUT2D eigenvalue weighted by Crippen LogP contribution is 2.12. The van der Waals surface area contributed by atoms with Crippen LogP contribution in [0, 0.1) is 12.7 Å². The Morgan fingerprint density at radius 3 is 2.71 bits per heavy atom. The molecule has 0 aliphatic rings. The lowest BCUT2D eigenvalue weighted by atomic mass is 10.1. The standard InChI is InChI=1S/C13H19BrFNO/c1-11-9-13(15)4-3-12(11)10-16(6-5-14)7-8-17-2/h3-4,9H,5-8,10H2,1-2H3. The van der Waals surface area contributed by atoms with Gasteiger partial charge in [0.15, 0.2) is 0 Å². The SMILES string of the molecule is COCCN(CCBr)Cc1ccc(F)cc1C. The van der Waals surface area contributed by atoms with Crippen molar-refractivity contribution < 1.29 is 9.13 Å². The van der Waals surface area contributed by atoms with Crippen LogP contribution in [-0.2, 0) is 11.3 Å². The van der Waals surface area contributed by atoms with E-state index in [2.05, 4.69) is 20.8 Å². The van der Waals surface area contributed by atoms with E-state index in [-0.39, 0.29) is 5.82 Å². The Labute approximate surface area is 111 Å². The Balaban J connectivity index is 2.64. The Morgan fingerprint density at radius 1 is 1.35 bits per heavy atom. The number of aryl methyl sites for hydroxylation is 1. The third kappa shape index (κ3) is 5.15.